The number of carbonyl (C=O) groups is 4. The van der Waals surface area contributed by atoms with E-state index in [0.29, 0.717) is 18.7 Å². The van der Waals surface area contributed by atoms with E-state index >= 15 is 0 Å². The third-order valence-electron chi connectivity index (χ3n) is 6.00. The van der Waals surface area contributed by atoms with Gasteiger partial charge in [0.15, 0.2) is 6.10 Å². The molecule has 2 fully saturated rings. The Labute approximate surface area is 198 Å². The molecular formula is C25H28N4O5. The Morgan fingerprint density at radius 2 is 1.65 bits per heavy atom. The maximum absolute atomic E-state index is 12.8. The molecule has 178 valence electrons. The van der Waals surface area contributed by atoms with Gasteiger partial charge < -0.3 is 15.0 Å². The summed E-state index contributed by atoms with van der Waals surface area (Å²) in [5.74, 6) is -1.16. The van der Waals surface area contributed by atoms with Crippen molar-refractivity contribution in [3.63, 3.8) is 0 Å². The molecule has 34 heavy (non-hydrogen) atoms. The molecule has 1 N–H and O–H groups in total. The molecule has 4 rings (SSSR count). The highest BCUT2D eigenvalue weighted by Gasteiger charge is 2.29. The van der Waals surface area contributed by atoms with Gasteiger partial charge in [-0.3, -0.25) is 19.4 Å². The molecule has 1 unspecified atom stereocenters. The Morgan fingerprint density at radius 3 is 2.32 bits per heavy atom. The Hall–Kier alpha value is -3.72. The number of ether oxygens (including phenoxy) is 1. The first-order valence-electron chi connectivity index (χ1n) is 11.3. The lowest BCUT2D eigenvalue weighted by Crippen LogP contribution is -2.51. The normalized spacial score (nSPS) is 17.4. The second-order valence-corrected chi connectivity index (χ2v) is 8.47. The molecule has 2 heterocycles. The third kappa shape index (κ3) is 5.60. The summed E-state index contributed by atoms with van der Waals surface area (Å²) in [6, 6.07) is 16.3. The van der Waals surface area contributed by atoms with E-state index in [1.165, 1.54) is 5.56 Å². The van der Waals surface area contributed by atoms with Gasteiger partial charge in [0.05, 0.1) is 18.7 Å². The van der Waals surface area contributed by atoms with Crippen molar-refractivity contribution < 1.29 is 23.9 Å². The highest BCUT2D eigenvalue weighted by molar-refractivity contribution is 6.01. The van der Waals surface area contributed by atoms with Crippen molar-refractivity contribution in [3.8, 4) is 0 Å². The van der Waals surface area contributed by atoms with Gasteiger partial charge in [-0.25, -0.2) is 9.59 Å². The van der Waals surface area contributed by atoms with Crippen LogP contribution >= 0.6 is 0 Å². The Morgan fingerprint density at radius 1 is 0.941 bits per heavy atom. The third-order valence-corrected chi connectivity index (χ3v) is 6.00. The predicted octanol–water partition coefficient (Wildman–Crippen LogP) is 1.63. The Balaban J connectivity index is 1.28. The number of imide groups is 1. The summed E-state index contributed by atoms with van der Waals surface area (Å²) in [7, 11) is 0. The topological polar surface area (TPSA) is 99.3 Å². The van der Waals surface area contributed by atoms with Gasteiger partial charge in [-0.2, -0.15) is 0 Å². The van der Waals surface area contributed by atoms with Gasteiger partial charge in [0.25, 0.3) is 5.91 Å². The Kier molecular flexibility index (Phi) is 7.22. The summed E-state index contributed by atoms with van der Waals surface area (Å²) in [5.41, 5.74) is 2.12. The monoisotopic (exact) mass is 464 g/mol. The first-order valence-corrected chi connectivity index (χ1v) is 11.3. The lowest BCUT2D eigenvalue weighted by Gasteiger charge is -2.35. The van der Waals surface area contributed by atoms with Gasteiger partial charge in [-0.05, 0) is 30.2 Å². The van der Waals surface area contributed by atoms with Crippen LogP contribution < -0.4 is 5.32 Å². The van der Waals surface area contributed by atoms with Crippen LogP contribution in [0.3, 0.4) is 0 Å². The zero-order chi connectivity index (χ0) is 24.1. The minimum atomic E-state index is -0.914. The predicted molar refractivity (Wildman–Crippen MR) is 124 cm³/mol. The molecule has 0 radical (unpaired) electrons. The van der Waals surface area contributed by atoms with E-state index in [4.69, 9.17) is 4.74 Å². The molecule has 9 heteroatoms. The SMILES string of the molecule is CC(OC(=O)c1cccc(CN2C(=O)CNC2=O)c1)C(=O)N1CCN(Cc2ccccc2)CC1. The van der Waals surface area contributed by atoms with Gasteiger partial charge >= 0.3 is 12.0 Å². The number of benzene rings is 2. The molecule has 0 bridgehead atoms. The summed E-state index contributed by atoms with van der Waals surface area (Å²) >= 11 is 0. The highest BCUT2D eigenvalue weighted by Crippen LogP contribution is 2.14. The van der Waals surface area contributed by atoms with Crippen molar-refractivity contribution in [3.05, 3.63) is 71.3 Å². The molecule has 0 saturated carbocycles. The molecule has 0 aromatic heterocycles. The molecule has 2 saturated heterocycles. The van der Waals surface area contributed by atoms with E-state index in [0.717, 1.165) is 24.5 Å². The van der Waals surface area contributed by atoms with E-state index < -0.39 is 18.1 Å². The quantitative estimate of drug-likeness (QED) is 0.494. The van der Waals surface area contributed by atoms with Crippen molar-refractivity contribution in [2.45, 2.75) is 26.1 Å². The first-order chi connectivity index (χ1) is 16.4. The minimum Gasteiger partial charge on any atom is -0.449 e. The van der Waals surface area contributed by atoms with Crippen LogP contribution in [0.25, 0.3) is 0 Å². The van der Waals surface area contributed by atoms with Gasteiger partial charge in [0.2, 0.25) is 5.91 Å². The molecule has 9 nitrogen and oxygen atoms in total. The van der Waals surface area contributed by atoms with E-state index in [9.17, 15) is 19.2 Å². The highest BCUT2D eigenvalue weighted by atomic mass is 16.5. The number of hydrogen-bond acceptors (Lipinski definition) is 6. The molecule has 0 aliphatic carbocycles. The maximum Gasteiger partial charge on any atom is 0.338 e. The van der Waals surface area contributed by atoms with Crippen LogP contribution in [0.5, 0.6) is 0 Å². The van der Waals surface area contributed by atoms with Crippen molar-refractivity contribution in [1.82, 2.24) is 20.0 Å². The fourth-order valence-corrected chi connectivity index (χ4v) is 4.10. The van der Waals surface area contributed by atoms with Crippen molar-refractivity contribution in [1.29, 1.82) is 0 Å². The van der Waals surface area contributed by atoms with Crippen molar-refractivity contribution in [2.75, 3.05) is 32.7 Å². The minimum absolute atomic E-state index is 0.0271. The van der Waals surface area contributed by atoms with E-state index in [-0.39, 0.29) is 30.5 Å². The number of carbonyl (C=O) groups excluding carboxylic acids is 4. The van der Waals surface area contributed by atoms with Crippen LogP contribution in [-0.2, 0) is 27.4 Å². The second-order valence-electron chi connectivity index (χ2n) is 8.47. The summed E-state index contributed by atoms with van der Waals surface area (Å²) < 4.78 is 5.44. The van der Waals surface area contributed by atoms with Crippen molar-refractivity contribution in [2.24, 2.45) is 0 Å². The van der Waals surface area contributed by atoms with Crippen LogP contribution in [0.4, 0.5) is 4.79 Å². The fraction of sp³-hybridized carbons (Fsp3) is 0.360. The fourth-order valence-electron chi connectivity index (χ4n) is 4.10. The molecule has 0 spiro atoms. The van der Waals surface area contributed by atoms with E-state index in [2.05, 4.69) is 22.3 Å². The molecule has 2 aliphatic heterocycles. The molecule has 4 amide bonds. The van der Waals surface area contributed by atoms with Crippen molar-refractivity contribution >= 4 is 23.8 Å². The number of rotatable bonds is 7. The van der Waals surface area contributed by atoms with Crippen LogP contribution in [-0.4, -0.2) is 77.3 Å². The zero-order valence-electron chi connectivity index (χ0n) is 19.1. The molecular weight excluding hydrogens is 436 g/mol. The van der Waals surface area contributed by atoms with Gasteiger partial charge in [0, 0.05) is 32.7 Å². The summed E-state index contributed by atoms with van der Waals surface area (Å²) in [5, 5.41) is 2.46. The molecule has 2 aromatic carbocycles. The first kappa shape index (κ1) is 23.4. The number of esters is 1. The number of urea groups is 1. The number of amides is 4. The second kappa shape index (κ2) is 10.5. The Bertz CT molecular complexity index is 1050. The number of hydrogen-bond donors (Lipinski definition) is 1. The van der Waals surface area contributed by atoms with Gasteiger partial charge in [0.1, 0.15) is 0 Å². The summed E-state index contributed by atoms with van der Waals surface area (Å²) in [6.45, 7) is 5.12. The average molecular weight is 465 g/mol. The van der Waals surface area contributed by atoms with Crippen LogP contribution in [0, 0.1) is 0 Å². The number of nitrogens with one attached hydrogen (secondary N) is 1. The molecule has 1 atom stereocenters. The van der Waals surface area contributed by atoms with Gasteiger partial charge in [-0.1, -0.05) is 42.5 Å². The number of piperazine rings is 1. The maximum atomic E-state index is 12.8. The molecule has 2 aliphatic rings. The number of nitrogens with zero attached hydrogens (tertiary/aromatic N) is 3. The van der Waals surface area contributed by atoms with E-state index in [1.807, 2.05) is 18.2 Å². The average Bonchev–Trinajstić information content (AvgIpc) is 3.17. The van der Waals surface area contributed by atoms with Crippen LogP contribution in [0.15, 0.2) is 54.6 Å². The largest absolute Gasteiger partial charge is 0.449 e. The smallest absolute Gasteiger partial charge is 0.338 e. The standard InChI is InChI=1S/C25H28N4O5/c1-18(23(31)28-12-10-27(11-13-28)16-19-6-3-2-4-7-19)34-24(32)21-9-5-8-20(14-21)17-29-22(30)15-26-25(29)33/h2-9,14,18H,10-13,15-17H2,1H3,(H,26,33). The zero-order valence-corrected chi connectivity index (χ0v) is 19.1. The summed E-state index contributed by atoms with van der Waals surface area (Å²) in [6.07, 6.45) is -0.914. The van der Waals surface area contributed by atoms with Crippen LogP contribution in [0.1, 0.15) is 28.4 Å². The lowest BCUT2D eigenvalue weighted by molar-refractivity contribution is -0.141. The summed E-state index contributed by atoms with van der Waals surface area (Å²) in [4.78, 5) is 54.2. The van der Waals surface area contributed by atoms with Gasteiger partial charge in [-0.15, -0.1) is 0 Å². The molecule has 2 aromatic rings. The van der Waals surface area contributed by atoms with E-state index in [1.54, 1.807) is 36.1 Å². The van der Waals surface area contributed by atoms with Crippen LogP contribution in [0.2, 0.25) is 0 Å². The lowest BCUT2D eigenvalue weighted by atomic mass is 10.1.